The van der Waals surface area contributed by atoms with Crippen LogP contribution < -0.4 is 0 Å². The predicted molar refractivity (Wildman–Crippen MR) is 151 cm³/mol. The fourth-order valence-corrected chi connectivity index (χ4v) is 5.33. The Labute approximate surface area is 246 Å². The number of aryl methyl sites for hydroxylation is 1. The van der Waals surface area contributed by atoms with Crippen molar-refractivity contribution in [1.29, 1.82) is 0 Å². The minimum Gasteiger partial charge on any atom is -0.457 e. The van der Waals surface area contributed by atoms with Gasteiger partial charge in [-0.05, 0) is 69.7 Å². The molecule has 1 fully saturated rings. The highest BCUT2D eigenvalue weighted by molar-refractivity contribution is 7.15. The number of esters is 1. The lowest BCUT2D eigenvalue weighted by molar-refractivity contribution is -0.144. The molecule has 1 aliphatic rings. The maximum absolute atomic E-state index is 13.9. The van der Waals surface area contributed by atoms with Gasteiger partial charge in [0.05, 0.1) is 22.3 Å². The molecule has 1 aliphatic heterocycles. The molecule has 1 saturated heterocycles. The molecule has 1 aromatic heterocycles. The summed E-state index contributed by atoms with van der Waals surface area (Å²) in [5.74, 6) is -2.65. The molecule has 0 unspecified atom stereocenters. The van der Waals surface area contributed by atoms with E-state index < -0.39 is 53.6 Å². The molecule has 3 aromatic rings. The molecule has 12 heteroatoms. The number of hydrogen-bond donors (Lipinski definition) is 0. The van der Waals surface area contributed by atoms with Crippen LogP contribution in [0.5, 0.6) is 0 Å². The first kappa shape index (κ1) is 30.8. The van der Waals surface area contributed by atoms with Crippen molar-refractivity contribution in [2.75, 3.05) is 26.2 Å². The van der Waals surface area contributed by atoms with E-state index in [4.69, 9.17) is 9.47 Å². The van der Waals surface area contributed by atoms with Gasteiger partial charge in [0.1, 0.15) is 22.9 Å². The summed E-state index contributed by atoms with van der Waals surface area (Å²) >= 11 is 1.28. The third kappa shape index (κ3) is 7.75. The third-order valence-electron chi connectivity index (χ3n) is 6.37. The molecular weight excluding hydrogens is 568 g/mol. The van der Waals surface area contributed by atoms with Crippen LogP contribution in [-0.4, -0.2) is 76.4 Å². The minimum atomic E-state index is -0.810. The van der Waals surface area contributed by atoms with Crippen LogP contribution >= 0.6 is 11.3 Å². The van der Waals surface area contributed by atoms with Crippen molar-refractivity contribution in [3.8, 4) is 10.4 Å². The Balaban J connectivity index is 1.54. The predicted octanol–water partition coefficient (Wildman–Crippen LogP) is 5.27. The van der Waals surface area contributed by atoms with E-state index in [0.29, 0.717) is 15.4 Å². The number of ketones is 1. The number of carbonyl (C=O) groups is 4. The van der Waals surface area contributed by atoms with E-state index in [-0.39, 0.29) is 37.3 Å². The second-order valence-electron chi connectivity index (χ2n) is 10.8. The van der Waals surface area contributed by atoms with Crippen LogP contribution in [0, 0.1) is 18.6 Å². The van der Waals surface area contributed by atoms with E-state index in [0.717, 1.165) is 12.1 Å². The fourth-order valence-electron chi connectivity index (χ4n) is 4.41. The van der Waals surface area contributed by atoms with Crippen LogP contribution in [0.25, 0.3) is 10.4 Å². The lowest BCUT2D eigenvalue weighted by Crippen LogP contribution is -2.57. The van der Waals surface area contributed by atoms with Crippen molar-refractivity contribution in [2.45, 2.75) is 45.8 Å². The molecule has 4 rings (SSSR count). The Bertz CT molecular complexity index is 1470. The van der Waals surface area contributed by atoms with Crippen LogP contribution in [0.2, 0.25) is 0 Å². The molecule has 1 atom stereocenters. The highest BCUT2D eigenvalue weighted by Crippen LogP contribution is 2.32. The Morgan fingerprint density at radius 3 is 2.21 bits per heavy atom. The number of carbonyl (C=O) groups excluding carboxylic acids is 4. The van der Waals surface area contributed by atoms with Gasteiger partial charge in [0, 0.05) is 25.2 Å². The van der Waals surface area contributed by atoms with E-state index >= 15 is 0 Å². The normalized spacial score (nSPS) is 15.3. The molecule has 9 nitrogen and oxygen atoms in total. The largest absolute Gasteiger partial charge is 0.457 e. The Morgan fingerprint density at radius 1 is 0.976 bits per heavy atom. The Kier molecular flexibility index (Phi) is 9.35. The summed E-state index contributed by atoms with van der Waals surface area (Å²) in [6.07, 6.45) is -0.896. The minimum absolute atomic E-state index is 0.0172. The average Bonchev–Trinajstić information content (AvgIpc) is 3.32. The topological polar surface area (TPSA) is 106 Å². The van der Waals surface area contributed by atoms with E-state index in [1.165, 1.54) is 45.4 Å². The van der Waals surface area contributed by atoms with Gasteiger partial charge in [-0.2, -0.15) is 0 Å². The summed E-state index contributed by atoms with van der Waals surface area (Å²) in [7, 11) is 0. The van der Waals surface area contributed by atoms with Gasteiger partial charge < -0.3 is 19.3 Å². The highest BCUT2D eigenvalue weighted by Gasteiger charge is 2.38. The van der Waals surface area contributed by atoms with Gasteiger partial charge in [-0.15, -0.1) is 11.3 Å². The molecule has 42 heavy (non-hydrogen) atoms. The number of nitrogens with zero attached hydrogens (tertiary/aromatic N) is 3. The number of aromatic nitrogens is 1. The molecule has 0 N–H and O–H groups in total. The number of amides is 2. The molecule has 2 amide bonds. The van der Waals surface area contributed by atoms with Gasteiger partial charge in [0.2, 0.25) is 0 Å². The van der Waals surface area contributed by atoms with Crippen molar-refractivity contribution < 1.29 is 37.4 Å². The molecule has 0 bridgehead atoms. The van der Waals surface area contributed by atoms with Gasteiger partial charge >= 0.3 is 12.1 Å². The van der Waals surface area contributed by atoms with Gasteiger partial charge in [-0.3, -0.25) is 14.4 Å². The third-order valence-corrected chi connectivity index (χ3v) is 7.39. The summed E-state index contributed by atoms with van der Waals surface area (Å²) in [5, 5.41) is 0.625. The van der Waals surface area contributed by atoms with Crippen molar-refractivity contribution in [3.63, 3.8) is 0 Å². The van der Waals surface area contributed by atoms with Crippen molar-refractivity contribution in [1.82, 2.24) is 14.8 Å². The van der Waals surface area contributed by atoms with E-state index in [9.17, 15) is 28.0 Å². The van der Waals surface area contributed by atoms with Gasteiger partial charge in [0.15, 0.2) is 12.4 Å². The standard InChI is InChI=1S/C30H31F2N3O6S/c1-18-33-26(27(42-18)20-7-11-22(32)12-8-20)28(38)35-14-13-34(29(39)41-30(2,3)4)16-23(35)15-25(37)40-17-24(36)19-5-9-21(31)10-6-19/h5-12,23H,13-17H2,1-4H3/t23-/m0/s1. The van der Waals surface area contributed by atoms with Gasteiger partial charge in [-0.1, -0.05) is 12.1 Å². The van der Waals surface area contributed by atoms with Crippen LogP contribution in [0.15, 0.2) is 48.5 Å². The fraction of sp³-hybridized carbons (Fsp3) is 0.367. The molecule has 0 radical (unpaired) electrons. The highest BCUT2D eigenvalue weighted by atomic mass is 32.1. The molecule has 0 spiro atoms. The van der Waals surface area contributed by atoms with Crippen molar-refractivity contribution in [3.05, 3.63) is 76.4 Å². The van der Waals surface area contributed by atoms with Crippen LogP contribution in [0.3, 0.4) is 0 Å². The molecule has 2 heterocycles. The summed E-state index contributed by atoms with van der Waals surface area (Å²) in [5.41, 5.74) is 0.205. The Morgan fingerprint density at radius 2 is 1.60 bits per heavy atom. The zero-order chi connectivity index (χ0) is 30.6. The maximum atomic E-state index is 13.9. The molecule has 0 saturated carbocycles. The lowest BCUT2D eigenvalue weighted by Gasteiger charge is -2.41. The molecule has 222 valence electrons. The van der Waals surface area contributed by atoms with Crippen LogP contribution in [0.4, 0.5) is 13.6 Å². The number of hydrogen-bond acceptors (Lipinski definition) is 8. The van der Waals surface area contributed by atoms with Crippen LogP contribution in [-0.2, 0) is 14.3 Å². The average molecular weight is 600 g/mol. The number of thiazole rings is 1. The second kappa shape index (κ2) is 12.8. The number of Topliss-reactive ketones (excluding diaryl/α,β-unsaturated/α-hetero) is 1. The monoisotopic (exact) mass is 599 g/mol. The first-order valence-electron chi connectivity index (χ1n) is 13.3. The SMILES string of the molecule is Cc1nc(C(=O)N2CCN(C(=O)OC(C)(C)C)C[C@@H]2CC(=O)OCC(=O)c2ccc(F)cc2)c(-c2ccc(F)cc2)s1. The van der Waals surface area contributed by atoms with E-state index in [1.54, 1.807) is 39.8 Å². The Hall–Kier alpha value is -4.19. The van der Waals surface area contributed by atoms with Gasteiger partial charge in [-0.25, -0.2) is 18.6 Å². The second-order valence-corrected chi connectivity index (χ2v) is 12.0. The van der Waals surface area contributed by atoms with Crippen molar-refractivity contribution >= 4 is 35.1 Å². The quantitative estimate of drug-likeness (QED) is 0.269. The van der Waals surface area contributed by atoms with Gasteiger partial charge in [0.25, 0.3) is 5.91 Å². The number of benzene rings is 2. The summed E-state index contributed by atoms with van der Waals surface area (Å²) in [6.45, 7) is 6.62. The zero-order valence-electron chi connectivity index (χ0n) is 23.7. The van der Waals surface area contributed by atoms with Crippen molar-refractivity contribution in [2.24, 2.45) is 0 Å². The maximum Gasteiger partial charge on any atom is 0.410 e. The number of rotatable bonds is 7. The smallest absolute Gasteiger partial charge is 0.410 e. The summed E-state index contributed by atoms with van der Waals surface area (Å²) < 4.78 is 37.4. The first-order valence-corrected chi connectivity index (χ1v) is 14.1. The van der Waals surface area contributed by atoms with Crippen LogP contribution in [0.1, 0.15) is 53.0 Å². The number of halogens is 2. The molecule has 0 aliphatic carbocycles. The first-order chi connectivity index (χ1) is 19.8. The number of ether oxygens (including phenoxy) is 2. The zero-order valence-corrected chi connectivity index (χ0v) is 24.5. The molecular formula is C30H31F2N3O6S. The summed E-state index contributed by atoms with van der Waals surface area (Å²) in [4.78, 5) is 59.9. The van der Waals surface area contributed by atoms with E-state index in [2.05, 4.69) is 4.98 Å². The lowest BCUT2D eigenvalue weighted by atomic mass is 10.1. The summed E-state index contributed by atoms with van der Waals surface area (Å²) in [6, 6.07) is 9.75. The van der Waals surface area contributed by atoms with E-state index in [1.807, 2.05) is 0 Å². The number of piperazine rings is 1. The molecule has 2 aromatic carbocycles.